The Bertz CT molecular complexity index is 695. The van der Waals surface area contributed by atoms with Crippen molar-refractivity contribution in [3.63, 3.8) is 0 Å². The van der Waals surface area contributed by atoms with Gasteiger partial charge in [-0.3, -0.25) is 4.98 Å². The second kappa shape index (κ2) is 6.28. The van der Waals surface area contributed by atoms with Gasteiger partial charge in [0.2, 0.25) is 5.89 Å². The zero-order valence-electron chi connectivity index (χ0n) is 11.3. The zero-order valence-corrected chi connectivity index (χ0v) is 11.3. The molecule has 0 amide bonds. The van der Waals surface area contributed by atoms with Crippen LogP contribution in [0.4, 0.5) is 4.39 Å². The number of hydrogen-bond acceptors (Lipinski definition) is 4. The SMILES string of the molecule is Fc1ccc(-c2nc(CNCc3ccncc3)co2)cc1. The number of rotatable bonds is 5. The average Bonchev–Trinajstić information content (AvgIpc) is 2.98. The highest BCUT2D eigenvalue weighted by Gasteiger charge is 2.06. The number of nitrogens with one attached hydrogen (secondary N) is 1. The number of benzene rings is 1. The Balaban J connectivity index is 1.59. The first kappa shape index (κ1) is 13.5. The Morgan fingerprint density at radius 2 is 1.76 bits per heavy atom. The molecule has 0 unspecified atom stereocenters. The minimum Gasteiger partial charge on any atom is -0.444 e. The van der Waals surface area contributed by atoms with Crippen LogP contribution >= 0.6 is 0 Å². The summed E-state index contributed by atoms with van der Waals surface area (Å²) < 4.78 is 18.3. The van der Waals surface area contributed by atoms with E-state index in [4.69, 9.17) is 4.42 Å². The van der Waals surface area contributed by atoms with Crippen LogP contribution in [0.3, 0.4) is 0 Å². The fourth-order valence-corrected chi connectivity index (χ4v) is 1.95. The standard InChI is InChI=1S/C16H14FN3O/c17-14-3-1-13(2-4-14)16-20-15(11-21-16)10-19-9-12-5-7-18-8-6-12/h1-8,11,19H,9-10H2. The van der Waals surface area contributed by atoms with E-state index in [1.165, 1.54) is 12.1 Å². The van der Waals surface area contributed by atoms with Crippen molar-refractivity contribution in [2.75, 3.05) is 0 Å². The molecule has 21 heavy (non-hydrogen) atoms. The van der Waals surface area contributed by atoms with Crippen molar-refractivity contribution in [3.05, 3.63) is 72.1 Å². The lowest BCUT2D eigenvalue weighted by Crippen LogP contribution is -2.12. The van der Waals surface area contributed by atoms with E-state index >= 15 is 0 Å². The summed E-state index contributed by atoms with van der Waals surface area (Å²) in [5, 5.41) is 3.28. The molecule has 0 aliphatic heterocycles. The van der Waals surface area contributed by atoms with Gasteiger partial charge in [-0.05, 0) is 42.0 Å². The van der Waals surface area contributed by atoms with Crippen molar-refractivity contribution in [2.45, 2.75) is 13.1 Å². The third-order valence-corrected chi connectivity index (χ3v) is 3.03. The maximum absolute atomic E-state index is 12.9. The number of halogens is 1. The molecule has 5 heteroatoms. The summed E-state index contributed by atoms with van der Waals surface area (Å²) in [6, 6.07) is 9.99. The Labute approximate surface area is 121 Å². The van der Waals surface area contributed by atoms with Crippen molar-refractivity contribution in [2.24, 2.45) is 0 Å². The highest BCUT2D eigenvalue weighted by molar-refractivity contribution is 5.52. The van der Waals surface area contributed by atoms with Crippen LogP contribution in [0.1, 0.15) is 11.3 Å². The number of hydrogen-bond donors (Lipinski definition) is 1. The highest BCUT2D eigenvalue weighted by atomic mass is 19.1. The van der Waals surface area contributed by atoms with Gasteiger partial charge in [0.05, 0.1) is 5.69 Å². The van der Waals surface area contributed by atoms with Crippen LogP contribution in [0.15, 0.2) is 59.5 Å². The van der Waals surface area contributed by atoms with Crippen LogP contribution in [0.5, 0.6) is 0 Å². The Kier molecular flexibility index (Phi) is 4.02. The van der Waals surface area contributed by atoms with Crippen LogP contribution in [-0.2, 0) is 13.1 Å². The van der Waals surface area contributed by atoms with E-state index in [0.29, 0.717) is 12.4 Å². The van der Waals surface area contributed by atoms with Crippen LogP contribution in [0.25, 0.3) is 11.5 Å². The van der Waals surface area contributed by atoms with Gasteiger partial charge >= 0.3 is 0 Å². The van der Waals surface area contributed by atoms with Crippen molar-refractivity contribution >= 4 is 0 Å². The first-order chi connectivity index (χ1) is 10.3. The lowest BCUT2D eigenvalue weighted by molar-refractivity contribution is 0.569. The van der Waals surface area contributed by atoms with E-state index < -0.39 is 0 Å². The summed E-state index contributed by atoms with van der Waals surface area (Å²) in [7, 11) is 0. The molecule has 0 aliphatic rings. The predicted molar refractivity (Wildman–Crippen MR) is 76.7 cm³/mol. The molecule has 1 N–H and O–H groups in total. The van der Waals surface area contributed by atoms with Crippen LogP contribution < -0.4 is 5.32 Å². The molecular formula is C16H14FN3O. The van der Waals surface area contributed by atoms with E-state index in [9.17, 15) is 4.39 Å². The van der Waals surface area contributed by atoms with Crippen molar-refractivity contribution in [1.82, 2.24) is 15.3 Å². The Morgan fingerprint density at radius 1 is 1.00 bits per heavy atom. The van der Waals surface area contributed by atoms with Crippen LogP contribution in [0.2, 0.25) is 0 Å². The second-order valence-electron chi connectivity index (χ2n) is 4.61. The molecule has 3 rings (SSSR count). The summed E-state index contributed by atoms with van der Waals surface area (Å²) in [6.45, 7) is 1.34. The third-order valence-electron chi connectivity index (χ3n) is 3.03. The summed E-state index contributed by atoms with van der Waals surface area (Å²) in [5.41, 5.74) is 2.73. The zero-order chi connectivity index (χ0) is 14.5. The number of pyridine rings is 1. The molecule has 0 fully saturated rings. The first-order valence-corrected chi connectivity index (χ1v) is 6.61. The van der Waals surface area contributed by atoms with E-state index in [1.807, 2.05) is 12.1 Å². The molecule has 0 radical (unpaired) electrons. The summed E-state index contributed by atoms with van der Waals surface area (Å²) in [5.74, 6) is 0.222. The molecule has 0 saturated carbocycles. The smallest absolute Gasteiger partial charge is 0.226 e. The molecule has 4 nitrogen and oxygen atoms in total. The van der Waals surface area contributed by atoms with Crippen molar-refractivity contribution in [1.29, 1.82) is 0 Å². The van der Waals surface area contributed by atoms with Crippen molar-refractivity contribution < 1.29 is 8.81 Å². The van der Waals surface area contributed by atoms with Gasteiger partial charge < -0.3 is 9.73 Å². The summed E-state index contributed by atoms with van der Waals surface area (Å²) >= 11 is 0. The minimum absolute atomic E-state index is 0.274. The first-order valence-electron chi connectivity index (χ1n) is 6.61. The van der Waals surface area contributed by atoms with Crippen LogP contribution in [0, 0.1) is 5.82 Å². The minimum atomic E-state index is -0.274. The molecule has 0 saturated heterocycles. The van der Waals surface area contributed by atoms with Gasteiger partial charge in [0.15, 0.2) is 0 Å². The fraction of sp³-hybridized carbons (Fsp3) is 0.125. The molecule has 1 aromatic carbocycles. The van der Waals surface area contributed by atoms with E-state index in [2.05, 4.69) is 15.3 Å². The van der Waals surface area contributed by atoms with E-state index in [-0.39, 0.29) is 5.82 Å². The topological polar surface area (TPSA) is 51.0 Å². The molecule has 0 spiro atoms. The maximum atomic E-state index is 12.9. The predicted octanol–water partition coefficient (Wildman–Crippen LogP) is 3.17. The molecule has 0 bridgehead atoms. The maximum Gasteiger partial charge on any atom is 0.226 e. The number of oxazole rings is 1. The van der Waals surface area contributed by atoms with Gasteiger partial charge in [0, 0.05) is 31.0 Å². The molecular weight excluding hydrogens is 269 g/mol. The number of nitrogens with zero attached hydrogens (tertiary/aromatic N) is 2. The lowest BCUT2D eigenvalue weighted by Gasteiger charge is -2.01. The highest BCUT2D eigenvalue weighted by Crippen LogP contribution is 2.18. The normalized spacial score (nSPS) is 10.7. The molecule has 0 aliphatic carbocycles. The van der Waals surface area contributed by atoms with E-state index in [0.717, 1.165) is 23.4 Å². The Morgan fingerprint density at radius 3 is 2.52 bits per heavy atom. The molecule has 0 atom stereocenters. The summed E-state index contributed by atoms with van der Waals surface area (Å²) in [6.07, 6.45) is 5.14. The Hall–Kier alpha value is -2.53. The third kappa shape index (κ3) is 3.52. The second-order valence-corrected chi connectivity index (χ2v) is 4.61. The quantitative estimate of drug-likeness (QED) is 0.781. The van der Waals surface area contributed by atoms with Gasteiger partial charge in [-0.1, -0.05) is 0 Å². The van der Waals surface area contributed by atoms with E-state index in [1.54, 1.807) is 30.8 Å². The van der Waals surface area contributed by atoms with Gasteiger partial charge in [-0.15, -0.1) is 0 Å². The molecule has 3 aromatic rings. The fourth-order valence-electron chi connectivity index (χ4n) is 1.95. The largest absolute Gasteiger partial charge is 0.444 e. The van der Waals surface area contributed by atoms with Gasteiger partial charge in [-0.2, -0.15) is 0 Å². The van der Waals surface area contributed by atoms with Crippen LogP contribution in [-0.4, -0.2) is 9.97 Å². The van der Waals surface area contributed by atoms with Gasteiger partial charge in [-0.25, -0.2) is 9.37 Å². The monoisotopic (exact) mass is 283 g/mol. The molecule has 2 aromatic heterocycles. The van der Waals surface area contributed by atoms with Gasteiger partial charge in [0.1, 0.15) is 12.1 Å². The lowest BCUT2D eigenvalue weighted by atomic mass is 10.2. The average molecular weight is 283 g/mol. The molecule has 106 valence electrons. The molecule has 2 heterocycles. The summed E-state index contributed by atoms with van der Waals surface area (Å²) in [4.78, 5) is 8.35. The van der Waals surface area contributed by atoms with Gasteiger partial charge in [0.25, 0.3) is 0 Å². The van der Waals surface area contributed by atoms with Crippen molar-refractivity contribution in [3.8, 4) is 11.5 Å². The number of aromatic nitrogens is 2.